The minimum absolute atomic E-state index is 0.0417. The molecule has 1 saturated heterocycles. The number of nitro groups is 1. The Morgan fingerprint density at radius 1 is 1.45 bits per heavy atom. The summed E-state index contributed by atoms with van der Waals surface area (Å²) in [6, 6.07) is 5.24. The quantitative estimate of drug-likeness (QED) is 0.686. The highest BCUT2D eigenvalue weighted by molar-refractivity contribution is 6.31. The van der Waals surface area contributed by atoms with E-state index in [4.69, 9.17) is 11.6 Å². The maximum atomic E-state index is 10.7. The van der Waals surface area contributed by atoms with Gasteiger partial charge in [-0.3, -0.25) is 15.0 Å². The van der Waals surface area contributed by atoms with Gasteiger partial charge in [0.2, 0.25) is 0 Å². The summed E-state index contributed by atoms with van der Waals surface area (Å²) in [6.45, 7) is 2.85. The molecule has 1 atom stereocenters. The third-order valence-corrected chi connectivity index (χ3v) is 4.19. The molecule has 0 aromatic heterocycles. The van der Waals surface area contributed by atoms with E-state index < -0.39 is 4.92 Å². The van der Waals surface area contributed by atoms with Crippen LogP contribution in [-0.2, 0) is 6.54 Å². The van der Waals surface area contributed by atoms with Crippen LogP contribution in [0, 0.1) is 10.1 Å². The first-order valence-corrected chi connectivity index (χ1v) is 7.29. The van der Waals surface area contributed by atoms with Crippen LogP contribution in [0.5, 0.6) is 0 Å². The van der Waals surface area contributed by atoms with Crippen molar-refractivity contribution in [2.45, 2.75) is 31.8 Å². The van der Waals surface area contributed by atoms with Crippen LogP contribution in [0.4, 0.5) is 5.69 Å². The molecule has 0 amide bonds. The van der Waals surface area contributed by atoms with Gasteiger partial charge < -0.3 is 5.32 Å². The molecular weight excluding hydrogens is 278 g/mol. The van der Waals surface area contributed by atoms with Crippen molar-refractivity contribution in [1.82, 2.24) is 10.2 Å². The van der Waals surface area contributed by atoms with Gasteiger partial charge in [-0.25, -0.2) is 0 Å². The molecule has 0 aliphatic carbocycles. The van der Waals surface area contributed by atoms with Gasteiger partial charge in [-0.05, 0) is 51.0 Å². The molecule has 0 spiro atoms. The second kappa shape index (κ2) is 7.02. The second-order valence-electron chi connectivity index (χ2n) is 5.28. The summed E-state index contributed by atoms with van der Waals surface area (Å²) in [6.07, 6.45) is 3.48. The van der Waals surface area contributed by atoms with Crippen molar-refractivity contribution in [3.63, 3.8) is 0 Å². The number of nitrogens with one attached hydrogen (secondary N) is 1. The van der Waals surface area contributed by atoms with Crippen molar-refractivity contribution in [1.29, 1.82) is 0 Å². The topological polar surface area (TPSA) is 58.4 Å². The van der Waals surface area contributed by atoms with E-state index in [0.29, 0.717) is 11.1 Å². The molecule has 20 heavy (non-hydrogen) atoms. The highest BCUT2D eigenvalue weighted by atomic mass is 35.5. The molecule has 1 heterocycles. The van der Waals surface area contributed by atoms with Crippen LogP contribution in [0.2, 0.25) is 5.02 Å². The highest BCUT2D eigenvalue weighted by Gasteiger charge is 2.18. The van der Waals surface area contributed by atoms with Crippen molar-refractivity contribution in [2.75, 3.05) is 20.1 Å². The van der Waals surface area contributed by atoms with Crippen LogP contribution in [-0.4, -0.2) is 36.0 Å². The molecule has 6 heteroatoms. The first kappa shape index (κ1) is 15.2. The van der Waals surface area contributed by atoms with Crippen LogP contribution < -0.4 is 5.32 Å². The predicted octanol–water partition coefficient (Wildman–Crippen LogP) is 2.82. The smallest absolute Gasteiger partial charge is 0.270 e. The number of nitrogens with zero attached hydrogens (tertiary/aromatic N) is 2. The van der Waals surface area contributed by atoms with E-state index in [1.165, 1.54) is 25.0 Å². The van der Waals surface area contributed by atoms with Gasteiger partial charge in [-0.15, -0.1) is 0 Å². The summed E-state index contributed by atoms with van der Waals surface area (Å²) in [5.74, 6) is 0. The third kappa shape index (κ3) is 3.91. The number of non-ortho nitro benzene ring substituents is 1. The summed E-state index contributed by atoms with van der Waals surface area (Å²) in [5, 5.41) is 14.6. The Kier molecular flexibility index (Phi) is 5.34. The summed E-state index contributed by atoms with van der Waals surface area (Å²) in [4.78, 5) is 12.6. The average molecular weight is 298 g/mol. The number of halogens is 1. The molecule has 1 N–H and O–H groups in total. The number of hydrogen-bond donors (Lipinski definition) is 1. The predicted molar refractivity (Wildman–Crippen MR) is 80.1 cm³/mol. The molecule has 0 saturated carbocycles. The second-order valence-corrected chi connectivity index (χ2v) is 5.69. The molecule has 1 aromatic rings. The number of nitro benzene ring substituents is 1. The van der Waals surface area contributed by atoms with Gasteiger partial charge in [0.25, 0.3) is 5.69 Å². The first-order valence-electron chi connectivity index (χ1n) is 6.91. The fourth-order valence-electron chi connectivity index (χ4n) is 2.62. The van der Waals surface area contributed by atoms with E-state index in [9.17, 15) is 10.1 Å². The van der Waals surface area contributed by atoms with Crippen molar-refractivity contribution >= 4 is 17.3 Å². The largest absolute Gasteiger partial charge is 0.317 e. The zero-order valence-corrected chi connectivity index (χ0v) is 12.4. The minimum Gasteiger partial charge on any atom is -0.317 e. The zero-order valence-electron chi connectivity index (χ0n) is 11.6. The Bertz CT molecular complexity index is 473. The average Bonchev–Trinajstić information content (AvgIpc) is 2.69. The van der Waals surface area contributed by atoms with Crippen molar-refractivity contribution in [3.05, 3.63) is 38.9 Å². The Labute approximate surface area is 124 Å². The Morgan fingerprint density at radius 2 is 2.25 bits per heavy atom. The standard InChI is InChI=1S/C14H20ClN3O2/c1-17(12-3-2-7-16-8-6-12)10-11-4-5-13(18(19)20)9-14(11)15/h4-5,9,12,16H,2-3,6-8,10H2,1H3. The van der Waals surface area contributed by atoms with Gasteiger partial charge >= 0.3 is 0 Å². The van der Waals surface area contributed by atoms with E-state index in [1.54, 1.807) is 6.07 Å². The van der Waals surface area contributed by atoms with E-state index in [2.05, 4.69) is 17.3 Å². The van der Waals surface area contributed by atoms with Gasteiger partial charge in [-0.1, -0.05) is 11.6 Å². The van der Waals surface area contributed by atoms with Crippen LogP contribution in [0.3, 0.4) is 0 Å². The molecule has 0 radical (unpaired) electrons. The maximum absolute atomic E-state index is 10.7. The van der Waals surface area contributed by atoms with Gasteiger partial charge in [0.05, 0.1) is 9.95 Å². The van der Waals surface area contributed by atoms with E-state index >= 15 is 0 Å². The molecular formula is C14H20ClN3O2. The fourth-order valence-corrected chi connectivity index (χ4v) is 2.85. The van der Waals surface area contributed by atoms with E-state index in [-0.39, 0.29) is 5.69 Å². The molecule has 1 fully saturated rings. The van der Waals surface area contributed by atoms with Crippen molar-refractivity contribution < 1.29 is 4.92 Å². The summed E-state index contributed by atoms with van der Waals surface area (Å²) in [7, 11) is 2.09. The van der Waals surface area contributed by atoms with Gasteiger partial charge in [0.1, 0.15) is 0 Å². The lowest BCUT2D eigenvalue weighted by Crippen LogP contribution is -2.32. The Balaban J connectivity index is 2.03. The number of hydrogen-bond acceptors (Lipinski definition) is 4. The lowest BCUT2D eigenvalue weighted by atomic mass is 10.1. The fraction of sp³-hybridized carbons (Fsp3) is 0.571. The van der Waals surface area contributed by atoms with Crippen LogP contribution in [0.25, 0.3) is 0 Å². The van der Waals surface area contributed by atoms with Gasteiger partial charge in [0, 0.05) is 24.7 Å². The van der Waals surface area contributed by atoms with Gasteiger partial charge in [-0.2, -0.15) is 0 Å². The number of rotatable bonds is 4. The minimum atomic E-state index is -0.420. The SMILES string of the molecule is CN(Cc1ccc([N+](=O)[O-])cc1Cl)C1CCCNCC1. The monoisotopic (exact) mass is 297 g/mol. The summed E-state index contributed by atoms with van der Waals surface area (Å²) >= 11 is 6.15. The molecule has 1 aliphatic heterocycles. The van der Waals surface area contributed by atoms with Crippen molar-refractivity contribution in [2.24, 2.45) is 0 Å². The lowest BCUT2D eigenvalue weighted by Gasteiger charge is -2.27. The zero-order chi connectivity index (χ0) is 14.5. The Morgan fingerprint density at radius 3 is 2.95 bits per heavy atom. The lowest BCUT2D eigenvalue weighted by molar-refractivity contribution is -0.384. The number of benzene rings is 1. The van der Waals surface area contributed by atoms with Crippen LogP contribution in [0.1, 0.15) is 24.8 Å². The molecule has 0 bridgehead atoms. The first-order chi connectivity index (χ1) is 9.58. The van der Waals surface area contributed by atoms with E-state index in [0.717, 1.165) is 31.6 Å². The maximum Gasteiger partial charge on any atom is 0.270 e. The van der Waals surface area contributed by atoms with E-state index in [1.807, 2.05) is 0 Å². The summed E-state index contributed by atoms with van der Waals surface area (Å²) < 4.78 is 0. The van der Waals surface area contributed by atoms with Crippen molar-refractivity contribution in [3.8, 4) is 0 Å². The van der Waals surface area contributed by atoms with Crippen LogP contribution >= 0.6 is 11.6 Å². The Hall–Kier alpha value is -1.17. The van der Waals surface area contributed by atoms with Crippen LogP contribution in [0.15, 0.2) is 18.2 Å². The highest BCUT2D eigenvalue weighted by Crippen LogP contribution is 2.24. The van der Waals surface area contributed by atoms with Gasteiger partial charge in [0.15, 0.2) is 0 Å². The summed E-state index contributed by atoms with van der Waals surface area (Å²) in [5.41, 5.74) is 0.983. The third-order valence-electron chi connectivity index (χ3n) is 3.84. The molecule has 110 valence electrons. The molecule has 2 rings (SSSR count). The molecule has 5 nitrogen and oxygen atoms in total. The molecule has 1 aromatic carbocycles. The molecule has 1 unspecified atom stereocenters. The molecule has 1 aliphatic rings. The normalized spacial score (nSPS) is 19.9.